The van der Waals surface area contributed by atoms with Crippen molar-refractivity contribution in [2.45, 2.75) is 89.8 Å². The Kier molecular flexibility index (Phi) is 18.8. The summed E-state index contributed by atoms with van der Waals surface area (Å²) in [5, 5.41) is 13.7. The third kappa shape index (κ3) is 14.5. The zero-order valence-electron chi connectivity index (χ0n) is 30.7. The van der Waals surface area contributed by atoms with Crippen LogP contribution in [0.4, 0.5) is 9.59 Å². The molecule has 0 bridgehead atoms. The van der Waals surface area contributed by atoms with Gasteiger partial charge in [0.25, 0.3) is 5.89 Å². The molecule has 15 nitrogen and oxygen atoms in total. The van der Waals surface area contributed by atoms with Gasteiger partial charge in [0.1, 0.15) is 24.2 Å². The Morgan fingerprint density at radius 1 is 0.925 bits per heavy atom. The lowest BCUT2D eigenvalue weighted by molar-refractivity contribution is -0.140. The molecule has 1 aromatic heterocycles. The van der Waals surface area contributed by atoms with E-state index in [1.165, 1.54) is 29.1 Å². The summed E-state index contributed by atoms with van der Waals surface area (Å²) in [6, 6.07) is 14.6. The first-order chi connectivity index (χ1) is 25.7. The standard InChI is InChI=1S/C28H33N5O6.C6H11NO2.C4H11N/c29-15-7-6-12-21(32-28(37)38-18-19-9-2-1-3-10-19)27(36)33-16-8-13-22(33)25(35)30-17-23(34)26-31-20-11-4-5-14-24(20)39-26;8-6(9)7-4-2-1-3-5-7;1-2-3-4-5/h1-5,9-11,14,21-22H,6-8,12-13,15-18,29H2,(H,30,35)(H,32,37);1-5H2,(H,8,9);2-5H2,1H3. The highest BCUT2D eigenvalue weighted by Gasteiger charge is 2.38. The Hall–Kier alpha value is -5.02. The molecule has 2 atom stereocenters. The van der Waals surface area contributed by atoms with Crippen LogP contribution in [0.2, 0.25) is 0 Å². The molecule has 2 saturated heterocycles. The van der Waals surface area contributed by atoms with Crippen molar-refractivity contribution in [3.63, 3.8) is 0 Å². The highest BCUT2D eigenvalue weighted by Crippen LogP contribution is 2.21. The smallest absolute Gasteiger partial charge is 0.408 e. The number of unbranched alkanes of at least 4 members (excludes halogenated alkanes) is 2. The minimum absolute atomic E-state index is 0.0687. The minimum atomic E-state index is -0.866. The highest BCUT2D eigenvalue weighted by atomic mass is 16.5. The number of benzene rings is 2. The van der Waals surface area contributed by atoms with Crippen molar-refractivity contribution in [3.05, 3.63) is 66.1 Å². The Labute approximate surface area is 310 Å². The maximum Gasteiger partial charge on any atom is 0.408 e. The number of rotatable bonds is 14. The van der Waals surface area contributed by atoms with Gasteiger partial charge in [-0.1, -0.05) is 55.8 Å². The number of fused-ring (bicyclic) bond motifs is 1. The monoisotopic (exact) mass is 737 g/mol. The third-order valence-electron chi connectivity index (χ3n) is 8.73. The lowest BCUT2D eigenvalue weighted by Crippen LogP contribution is -2.54. The summed E-state index contributed by atoms with van der Waals surface area (Å²) >= 11 is 0. The molecule has 2 aliphatic rings. The van der Waals surface area contributed by atoms with E-state index in [4.69, 9.17) is 25.7 Å². The number of alkyl carbamates (subject to hydrolysis) is 1. The number of carbonyl (C=O) groups excluding carboxylic acids is 4. The highest BCUT2D eigenvalue weighted by molar-refractivity contribution is 5.99. The third-order valence-corrected chi connectivity index (χ3v) is 8.73. The van der Waals surface area contributed by atoms with Gasteiger partial charge in [0.15, 0.2) is 5.58 Å². The molecule has 3 aromatic rings. The molecular formula is C38H55N7O8. The van der Waals surface area contributed by atoms with Crippen molar-refractivity contribution in [3.8, 4) is 0 Å². The van der Waals surface area contributed by atoms with Gasteiger partial charge in [0.05, 0.1) is 6.54 Å². The topological polar surface area (TPSA) is 223 Å². The predicted octanol–water partition coefficient (Wildman–Crippen LogP) is 4.44. The van der Waals surface area contributed by atoms with Gasteiger partial charge in [-0.15, -0.1) is 0 Å². The number of nitrogens with two attached hydrogens (primary N) is 2. The Morgan fingerprint density at radius 2 is 1.62 bits per heavy atom. The number of aromatic nitrogens is 1. The number of amides is 4. The van der Waals surface area contributed by atoms with Gasteiger partial charge in [-0.2, -0.15) is 0 Å². The van der Waals surface area contributed by atoms with Crippen molar-refractivity contribution < 1.29 is 38.2 Å². The first kappa shape index (κ1) is 42.4. The first-order valence-electron chi connectivity index (χ1n) is 18.5. The molecule has 0 radical (unpaired) electrons. The molecule has 290 valence electrons. The number of hydrogen-bond acceptors (Lipinski definition) is 10. The van der Waals surface area contributed by atoms with E-state index in [1.807, 2.05) is 30.3 Å². The van der Waals surface area contributed by atoms with Crippen molar-refractivity contribution in [1.29, 1.82) is 0 Å². The molecule has 2 aromatic carbocycles. The van der Waals surface area contributed by atoms with Crippen LogP contribution in [0.15, 0.2) is 59.0 Å². The number of hydrogen-bond donors (Lipinski definition) is 5. The predicted molar refractivity (Wildman–Crippen MR) is 200 cm³/mol. The molecule has 3 heterocycles. The van der Waals surface area contributed by atoms with Crippen LogP contribution in [0.3, 0.4) is 0 Å². The molecular weight excluding hydrogens is 682 g/mol. The zero-order valence-corrected chi connectivity index (χ0v) is 30.7. The second-order valence-electron chi connectivity index (χ2n) is 12.8. The maximum absolute atomic E-state index is 13.5. The van der Waals surface area contributed by atoms with Crippen molar-refractivity contribution in [2.75, 3.05) is 39.3 Å². The largest absolute Gasteiger partial charge is 0.465 e. The average molecular weight is 738 g/mol. The van der Waals surface area contributed by atoms with Crippen LogP contribution in [0.25, 0.3) is 11.1 Å². The molecule has 2 aliphatic heterocycles. The minimum Gasteiger partial charge on any atom is -0.465 e. The lowest BCUT2D eigenvalue weighted by atomic mass is 10.1. The number of ketones is 1. The second kappa shape index (κ2) is 23.5. The molecule has 0 saturated carbocycles. The number of ether oxygens (including phenoxy) is 1. The van der Waals surface area contributed by atoms with E-state index >= 15 is 0 Å². The molecule has 4 amide bonds. The summed E-state index contributed by atoms with van der Waals surface area (Å²) < 4.78 is 10.8. The van der Waals surface area contributed by atoms with Crippen molar-refractivity contribution >= 4 is 40.9 Å². The average Bonchev–Trinajstić information content (AvgIpc) is 3.86. The number of nitrogens with zero attached hydrogens (tertiary/aromatic N) is 3. The van der Waals surface area contributed by atoms with Crippen LogP contribution in [-0.2, 0) is 20.9 Å². The summed E-state index contributed by atoms with van der Waals surface area (Å²) in [5.41, 5.74) is 12.6. The van der Waals surface area contributed by atoms with E-state index in [1.54, 1.807) is 24.3 Å². The lowest BCUT2D eigenvalue weighted by Gasteiger charge is -2.28. The van der Waals surface area contributed by atoms with Gasteiger partial charge in [-0.05, 0) is 88.6 Å². The Morgan fingerprint density at radius 3 is 2.25 bits per heavy atom. The van der Waals surface area contributed by atoms with Crippen LogP contribution in [-0.4, -0.2) is 101 Å². The SMILES string of the molecule is CCCCN.NCCCCC(NC(=O)OCc1ccccc1)C(=O)N1CCCC1C(=O)NCC(=O)c1nc2ccccc2o1.O=C(O)N1CCCCC1. The van der Waals surface area contributed by atoms with E-state index in [0.717, 1.165) is 38.0 Å². The zero-order chi connectivity index (χ0) is 38.4. The quantitative estimate of drug-likeness (QED) is 0.115. The van der Waals surface area contributed by atoms with Gasteiger partial charge in [0, 0.05) is 19.6 Å². The van der Waals surface area contributed by atoms with Gasteiger partial charge in [0.2, 0.25) is 17.6 Å². The van der Waals surface area contributed by atoms with Crippen LogP contribution >= 0.6 is 0 Å². The summed E-state index contributed by atoms with van der Waals surface area (Å²) in [4.78, 5) is 68.9. The van der Waals surface area contributed by atoms with Crippen LogP contribution in [0.1, 0.15) is 87.4 Å². The van der Waals surface area contributed by atoms with Gasteiger partial charge < -0.3 is 46.2 Å². The van der Waals surface area contributed by atoms with Crippen molar-refractivity contribution in [1.82, 2.24) is 25.4 Å². The normalized spacial score (nSPS) is 15.6. The van der Waals surface area contributed by atoms with E-state index in [2.05, 4.69) is 22.5 Å². The first-order valence-corrected chi connectivity index (χ1v) is 18.5. The van der Waals surface area contributed by atoms with Crippen LogP contribution < -0.4 is 22.1 Å². The second-order valence-corrected chi connectivity index (χ2v) is 12.8. The number of para-hydroxylation sites is 2. The molecule has 15 heteroatoms. The molecule has 2 unspecified atom stereocenters. The summed E-state index contributed by atoms with van der Waals surface area (Å²) in [6.07, 6.45) is 6.89. The summed E-state index contributed by atoms with van der Waals surface area (Å²) in [7, 11) is 0. The van der Waals surface area contributed by atoms with E-state index < -0.39 is 36.0 Å². The van der Waals surface area contributed by atoms with Gasteiger partial charge in [-0.3, -0.25) is 14.4 Å². The number of carboxylic acid groups (broad SMARTS) is 1. The van der Waals surface area contributed by atoms with E-state index in [9.17, 15) is 24.0 Å². The molecule has 7 N–H and O–H groups in total. The number of likely N-dealkylation sites (tertiary alicyclic amines) is 2. The van der Waals surface area contributed by atoms with Gasteiger partial charge in [-0.25, -0.2) is 14.6 Å². The number of carbonyl (C=O) groups is 5. The summed E-state index contributed by atoms with van der Waals surface area (Å²) in [6.45, 7) is 5.02. The van der Waals surface area contributed by atoms with Crippen molar-refractivity contribution in [2.24, 2.45) is 11.5 Å². The Balaban J connectivity index is 0.000000452. The molecule has 53 heavy (non-hydrogen) atoms. The van der Waals surface area contributed by atoms with Crippen LogP contribution in [0, 0.1) is 0 Å². The van der Waals surface area contributed by atoms with E-state index in [0.29, 0.717) is 56.3 Å². The molecule has 0 spiro atoms. The maximum atomic E-state index is 13.5. The molecule has 5 rings (SSSR count). The number of oxazole rings is 1. The molecule has 2 fully saturated rings. The number of nitrogens with one attached hydrogen (secondary N) is 2. The number of Topliss-reactive ketones (excluding diaryl/α,β-unsaturated/α-hetero) is 1. The van der Waals surface area contributed by atoms with Gasteiger partial charge >= 0.3 is 12.2 Å². The number of piperidine rings is 1. The fourth-order valence-corrected chi connectivity index (χ4v) is 5.80. The molecule has 0 aliphatic carbocycles. The fraction of sp³-hybridized carbons (Fsp3) is 0.526. The summed E-state index contributed by atoms with van der Waals surface area (Å²) in [5.74, 6) is -1.38. The van der Waals surface area contributed by atoms with Crippen LogP contribution in [0.5, 0.6) is 0 Å². The fourth-order valence-electron chi connectivity index (χ4n) is 5.80. The van der Waals surface area contributed by atoms with E-state index in [-0.39, 0.29) is 24.9 Å². The Bertz CT molecular complexity index is 1540.